The number of benzene rings is 1. The molecule has 0 atom stereocenters. The van der Waals surface area contributed by atoms with Crippen LogP contribution in [0.15, 0.2) is 40.5 Å². The van der Waals surface area contributed by atoms with Crippen molar-refractivity contribution in [2.45, 2.75) is 30.2 Å². The summed E-state index contributed by atoms with van der Waals surface area (Å²) in [5.41, 5.74) is 2.26. The molecule has 0 fully saturated rings. The second-order valence-electron chi connectivity index (χ2n) is 3.72. The minimum absolute atomic E-state index is 0.553. The zero-order valence-electron chi connectivity index (χ0n) is 9.77. The molecule has 0 unspecified atom stereocenters. The van der Waals surface area contributed by atoms with Gasteiger partial charge in [0, 0.05) is 10.5 Å². The van der Waals surface area contributed by atoms with Gasteiger partial charge in [0.2, 0.25) is 0 Å². The topological polar surface area (TPSA) is 25.8 Å². The van der Waals surface area contributed by atoms with E-state index in [2.05, 4.69) is 42.0 Å². The molecular weight excluding hydrogens is 252 g/mol. The highest BCUT2D eigenvalue weighted by Crippen LogP contribution is 2.31. The van der Waals surface area contributed by atoms with Crippen molar-refractivity contribution >= 4 is 23.4 Å². The first-order valence-corrected chi connectivity index (χ1v) is 6.64. The van der Waals surface area contributed by atoms with Crippen molar-refractivity contribution < 1.29 is 0 Å². The number of halogens is 1. The predicted octanol–water partition coefficient (Wildman–Crippen LogP) is 4.15. The number of hydrogen-bond donors (Lipinski definition) is 0. The summed E-state index contributed by atoms with van der Waals surface area (Å²) in [6, 6.07) is 8.34. The van der Waals surface area contributed by atoms with Gasteiger partial charge < -0.3 is 0 Å². The molecule has 1 aromatic heterocycles. The van der Waals surface area contributed by atoms with E-state index in [1.807, 2.05) is 6.07 Å². The van der Waals surface area contributed by atoms with Gasteiger partial charge in [0.15, 0.2) is 0 Å². The minimum atomic E-state index is 0.553. The van der Waals surface area contributed by atoms with Crippen LogP contribution >= 0.6 is 23.4 Å². The van der Waals surface area contributed by atoms with Crippen molar-refractivity contribution in [3.8, 4) is 0 Å². The molecule has 0 aliphatic heterocycles. The normalized spacial score (nSPS) is 10.5. The average Bonchev–Trinajstić information content (AvgIpc) is 2.29. The molecule has 0 radical (unpaired) electrons. The van der Waals surface area contributed by atoms with Crippen molar-refractivity contribution in [3.63, 3.8) is 0 Å². The van der Waals surface area contributed by atoms with Crippen LogP contribution in [0.3, 0.4) is 0 Å². The third-order valence-corrected chi connectivity index (χ3v) is 3.77. The number of aromatic nitrogens is 2. The van der Waals surface area contributed by atoms with Crippen LogP contribution in [0.5, 0.6) is 0 Å². The molecular formula is C13H13ClN2S. The predicted molar refractivity (Wildman–Crippen MR) is 71.7 cm³/mol. The fraction of sp³-hybridized carbons (Fsp3) is 0.231. The molecule has 1 heterocycles. The zero-order valence-corrected chi connectivity index (χ0v) is 11.3. The Morgan fingerprint density at radius 3 is 2.82 bits per heavy atom. The van der Waals surface area contributed by atoms with Gasteiger partial charge >= 0.3 is 0 Å². The van der Waals surface area contributed by atoms with E-state index in [9.17, 15) is 0 Å². The Balaban J connectivity index is 2.33. The van der Waals surface area contributed by atoms with E-state index in [1.165, 1.54) is 16.8 Å². The molecule has 0 aliphatic rings. The standard InChI is InChI=1S/C13H13ClN2S/c1-3-11-12(14)15-8-16-13(11)17-10-6-4-5-9(2)7-10/h4-8H,3H2,1-2H3. The van der Waals surface area contributed by atoms with Gasteiger partial charge in [-0.25, -0.2) is 9.97 Å². The Kier molecular flexibility index (Phi) is 4.02. The maximum atomic E-state index is 6.06. The maximum Gasteiger partial charge on any atom is 0.136 e. The highest BCUT2D eigenvalue weighted by atomic mass is 35.5. The van der Waals surface area contributed by atoms with Gasteiger partial charge in [-0.1, -0.05) is 48.0 Å². The van der Waals surface area contributed by atoms with Crippen LogP contribution < -0.4 is 0 Å². The molecule has 2 aromatic rings. The molecule has 4 heteroatoms. The van der Waals surface area contributed by atoms with Crippen LogP contribution in [0.4, 0.5) is 0 Å². The summed E-state index contributed by atoms with van der Waals surface area (Å²) < 4.78 is 0. The van der Waals surface area contributed by atoms with Crippen molar-refractivity contribution in [2.75, 3.05) is 0 Å². The second kappa shape index (κ2) is 5.52. The van der Waals surface area contributed by atoms with Gasteiger partial charge in [0.05, 0.1) is 0 Å². The first-order chi connectivity index (χ1) is 8.20. The lowest BCUT2D eigenvalue weighted by Gasteiger charge is -2.07. The Labute approximate surface area is 110 Å². The van der Waals surface area contributed by atoms with E-state index in [4.69, 9.17) is 11.6 Å². The monoisotopic (exact) mass is 264 g/mol. The number of nitrogens with zero attached hydrogens (tertiary/aromatic N) is 2. The summed E-state index contributed by atoms with van der Waals surface area (Å²) >= 11 is 7.69. The van der Waals surface area contributed by atoms with E-state index in [0.717, 1.165) is 17.0 Å². The molecule has 0 spiro atoms. The van der Waals surface area contributed by atoms with Crippen molar-refractivity contribution in [1.82, 2.24) is 9.97 Å². The quantitative estimate of drug-likeness (QED) is 0.779. The number of rotatable bonds is 3. The second-order valence-corrected chi connectivity index (χ2v) is 5.14. The fourth-order valence-electron chi connectivity index (χ4n) is 1.55. The maximum absolute atomic E-state index is 6.06. The Morgan fingerprint density at radius 1 is 1.29 bits per heavy atom. The highest BCUT2D eigenvalue weighted by Gasteiger charge is 2.09. The Hall–Kier alpha value is -1.06. The lowest BCUT2D eigenvalue weighted by molar-refractivity contribution is 0.944. The lowest BCUT2D eigenvalue weighted by atomic mass is 10.2. The van der Waals surface area contributed by atoms with Crippen molar-refractivity contribution in [1.29, 1.82) is 0 Å². The van der Waals surface area contributed by atoms with Crippen LogP contribution in [0.1, 0.15) is 18.1 Å². The lowest BCUT2D eigenvalue weighted by Crippen LogP contribution is -1.93. The van der Waals surface area contributed by atoms with Gasteiger partial charge in [-0.05, 0) is 25.5 Å². The molecule has 88 valence electrons. The summed E-state index contributed by atoms with van der Waals surface area (Å²) in [4.78, 5) is 9.49. The highest BCUT2D eigenvalue weighted by molar-refractivity contribution is 7.99. The summed E-state index contributed by atoms with van der Waals surface area (Å²) in [5, 5.41) is 1.50. The fourth-order valence-corrected chi connectivity index (χ4v) is 2.95. The van der Waals surface area contributed by atoms with E-state index in [0.29, 0.717) is 5.15 Å². The molecule has 1 aromatic carbocycles. The van der Waals surface area contributed by atoms with Gasteiger partial charge in [0.1, 0.15) is 16.5 Å². The molecule has 2 nitrogen and oxygen atoms in total. The Bertz CT molecular complexity index is 529. The van der Waals surface area contributed by atoms with Gasteiger partial charge in [-0.3, -0.25) is 0 Å². The molecule has 2 rings (SSSR count). The van der Waals surface area contributed by atoms with Crippen LogP contribution in [-0.2, 0) is 6.42 Å². The number of hydrogen-bond acceptors (Lipinski definition) is 3. The van der Waals surface area contributed by atoms with Gasteiger partial charge in [0.25, 0.3) is 0 Å². The smallest absolute Gasteiger partial charge is 0.136 e. The van der Waals surface area contributed by atoms with E-state index < -0.39 is 0 Å². The summed E-state index contributed by atoms with van der Waals surface area (Å²) in [5.74, 6) is 0. The molecule has 0 saturated heterocycles. The minimum Gasteiger partial charge on any atom is -0.229 e. The van der Waals surface area contributed by atoms with Gasteiger partial charge in [-0.2, -0.15) is 0 Å². The van der Waals surface area contributed by atoms with Crippen LogP contribution in [0, 0.1) is 6.92 Å². The van der Waals surface area contributed by atoms with Crippen LogP contribution in [-0.4, -0.2) is 9.97 Å². The summed E-state index contributed by atoms with van der Waals surface area (Å²) in [7, 11) is 0. The first-order valence-electron chi connectivity index (χ1n) is 5.44. The average molecular weight is 265 g/mol. The zero-order chi connectivity index (χ0) is 12.3. The van der Waals surface area contributed by atoms with Crippen LogP contribution in [0.2, 0.25) is 5.15 Å². The summed E-state index contributed by atoms with van der Waals surface area (Å²) in [6.45, 7) is 4.14. The van der Waals surface area contributed by atoms with Crippen molar-refractivity contribution in [2.24, 2.45) is 0 Å². The third-order valence-electron chi connectivity index (χ3n) is 2.41. The van der Waals surface area contributed by atoms with E-state index in [1.54, 1.807) is 11.8 Å². The SMILES string of the molecule is CCc1c(Cl)ncnc1Sc1cccc(C)c1. The largest absolute Gasteiger partial charge is 0.229 e. The van der Waals surface area contributed by atoms with Crippen molar-refractivity contribution in [3.05, 3.63) is 46.9 Å². The summed E-state index contributed by atoms with van der Waals surface area (Å²) in [6.07, 6.45) is 2.35. The third kappa shape index (κ3) is 2.99. The molecule has 0 saturated carbocycles. The number of aryl methyl sites for hydroxylation is 1. The molecule has 0 amide bonds. The van der Waals surface area contributed by atoms with E-state index >= 15 is 0 Å². The van der Waals surface area contributed by atoms with E-state index in [-0.39, 0.29) is 0 Å². The molecule has 0 aliphatic carbocycles. The molecule has 17 heavy (non-hydrogen) atoms. The van der Waals surface area contributed by atoms with Gasteiger partial charge in [-0.15, -0.1) is 0 Å². The molecule has 0 bridgehead atoms. The Morgan fingerprint density at radius 2 is 2.12 bits per heavy atom. The molecule has 0 N–H and O–H groups in total. The van der Waals surface area contributed by atoms with Crippen LogP contribution in [0.25, 0.3) is 0 Å². The first kappa shape index (κ1) is 12.4.